The number of aliphatic hydroxyl groups is 1. The van der Waals surface area contributed by atoms with Crippen molar-refractivity contribution in [3.8, 4) is 11.1 Å². The van der Waals surface area contributed by atoms with Crippen LogP contribution in [0, 0.1) is 5.82 Å². The molecule has 0 unspecified atom stereocenters. The van der Waals surface area contributed by atoms with Gasteiger partial charge in [-0.05, 0) is 53.1 Å². The highest BCUT2D eigenvalue weighted by atomic mass is 19.4. The first kappa shape index (κ1) is 26.8. The minimum absolute atomic E-state index is 0.0570. The normalized spacial score (nSPS) is 12.1. The molecule has 35 heavy (non-hydrogen) atoms. The van der Waals surface area contributed by atoms with E-state index in [2.05, 4.69) is 0 Å². The summed E-state index contributed by atoms with van der Waals surface area (Å²) >= 11 is 0. The number of pyridine rings is 1. The zero-order valence-corrected chi connectivity index (χ0v) is 20.4. The van der Waals surface area contributed by atoms with Crippen LogP contribution in [0.5, 0.6) is 0 Å². The maximum absolute atomic E-state index is 13.7. The summed E-state index contributed by atoms with van der Waals surface area (Å²) in [7, 11) is 0. The van der Waals surface area contributed by atoms with Crippen LogP contribution in [0.2, 0.25) is 0 Å². The fourth-order valence-electron chi connectivity index (χ4n) is 4.20. The van der Waals surface area contributed by atoms with Gasteiger partial charge < -0.3 is 9.84 Å². The Balaban J connectivity index is 1.95. The van der Waals surface area contributed by atoms with Crippen LogP contribution in [0.25, 0.3) is 11.1 Å². The van der Waals surface area contributed by atoms with Gasteiger partial charge in [-0.15, -0.1) is 0 Å². The third-order valence-corrected chi connectivity index (χ3v) is 5.88. The smallest absolute Gasteiger partial charge is 0.392 e. The Morgan fingerprint density at radius 2 is 1.54 bits per heavy atom. The molecule has 1 N–H and O–H groups in total. The number of benzene rings is 2. The van der Waals surface area contributed by atoms with E-state index in [0.717, 1.165) is 40.2 Å². The second kappa shape index (κ2) is 11.3. The molecule has 7 heteroatoms. The van der Waals surface area contributed by atoms with Gasteiger partial charge in [-0.2, -0.15) is 13.2 Å². The third kappa shape index (κ3) is 6.47. The number of alkyl halides is 3. The van der Waals surface area contributed by atoms with Gasteiger partial charge in [-0.1, -0.05) is 58.0 Å². The van der Waals surface area contributed by atoms with Gasteiger partial charge in [0.2, 0.25) is 0 Å². The maximum atomic E-state index is 13.7. The molecule has 188 valence electrons. The molecule has 0 aliphatic rings. The Kier molecular flexibility index (Phi) is 8.67. The number of hydrogen-bond donors (Lipinski definition) is 1. The largest absolute Gasteiger partial charge is 0.416 e. The van der Waals surface area contributed by atoms with Crippen molar-refractivity contribution in [3.05, 3.63) is 88.0 Å². The van der Waals surface area contributed by atoms with Crippen molar-refractivity contribution >= 4 is 0 Å². The van der Waals surface area contributed by atoms with Gasteiger partial charge in [-0.25, -0.2) is 4.39 Å². The van der Waals surface area contributed by atoms with Crippen LogP contribution >= 0.6 is 0 Å². The molecule has 2 aromatic carbocycles. The van der Waals surface area contributed by atoms with E-state index in [-0.39, 0.29) is 37.5 Å². The van der Waals surface area contributed by atoms with Gasteiger partial charge in [0.05, 0.1) is 25.4 Å². The molecule has 0 radical (unpaired) electrons. The lowest BCUT2D eigenvalue weighted by Gasteiger charge is -2.24. The van der Waals surface area contributed by atoms with Gasteiger partial charge in [0, 0.05) is 22.5 Å². The van der Waals surface area contributed by atoms with Crippen molar-refractivity contribution in [3.63, 3.8) is 0 Å². The minimum atomic E-state index is -4.39. The summed E-state index contributed by atoms with van der Waals surface area (Å²) in [5, 5.41) is 10.3. The van der Waals surface area contributed by atoms with Crippen LogP contribution in [-0.2, 0) is 30.5 Å². The summed E-state index contributed by atoms with van der Waals surface area (Å²) in [6.07, 6.45) is -4.07. The summed E-state index contributed by atoms with van der Waals surface area (Å²) in [6.45, 7) is 8.19. The number of rotatable bonds is 9. The summed E-state index contributed by atoms with van der Waals surface area (Å²) < 4.78 is 58.6. The third-order valence-electron chi connectivity index (χ3n) is 5.88. The fourth-order valence-corrected chi connectivity index (χ4v) is 4.20. The monoisotopic (exact) mass is 489 g/mol. The van der Waals surface area contributed by atoms with E-state index in [1.807, 2.05) is 27.7 Å². The molecule has 0 saturated carbocycles. The predicted molar refractivity (Wildman–Crippen MR) is 129 cm³/mol. The first-order valence-electron chi connectivity index (χ1n) is 11.7. The number of aromatic nitrogens is 1. The highest BCUT2D eigenvalue weighted by Crippen LogP contribution is 2.37. The zero-order valence-electron chi connectivity index (χ0n) is 20.4. The van der Waals surface area contributed by atoms with E-state index >= 15 is 0 Å². The van der Waals surface area contributed by atoms with Crippen molar-refractivity contribution in [1.82, 2.24) is 4.98 Å². The van der Waals surface area contributed by atoms with Crippen LogP contribution in [0.15, 0.2) is 48.5 Å². The molecule has 3 aromatic rings. The average molecular weight is 490 g/mol. The van der Waals surface area contributed by atoms with Crippen molar-refractivity contribution in [1.29, 1.82) is 0 Å². The molecular weight excluding hydrogens is 458 g/mol. The molecule has 0 fully saturated rings. The quantitative estimate of drug-likeness (QED) is 0.251. The zero-order chi connectivity index (χ0) is 25.8. The van der Waals surface area contributed by atoms with Crippen LogP contribution < -0.4 is 0 Å². The lowest BCUT2D eigenvalue weighted by atomic mass is 9.87. The fraction of sp³-hybridized carbons (Fsp3) is 0.393. The molecule has 1 aromatic heterocycles. The summed E-state index contributed by atoms with van der Waals surface area (Å²) in [4.78, 5) is 4.88. The van der Waals surface area contributed by atoms with E-state index in [1.165, 1.54) is 18.2 Å². The van der Waals surface area contributed by atoms with E-state index in [0.29, 0.717) is 17.5 Å². The van der Waals surface area contributed by atoms with E-state index < -0.39 is 11.7 Å². The molecule has 0 amide bonds. The number of nitrogens with zero attached hydrogens (tertiary/aromatic N) is 1. The highest BCUT2D eigenvalue weighted by Gasteiger charge is 2.30. The summed E-state index contributed by atoms with van der Waals surface area (Å²) in [5.74, 6) is -0.244. The molecule has 0 spiro atoms. The van der Waals surface area contributed by atoms with E-state index in [4.69, 9.17) is 9.72 Å². The Morgan fingerprint density at radius 3 is 2.11 bits per heavy atom. The van der Waals surface area contributed by atoms with Crippen LogP contribution in [0.1, 0.15) is 73.2 Å². The van der Waals surface area contributed by atoms with Crippen LogP contribution in [0.4, 0.5) is 17.6 Å². The summed E-state index contributed by atoms with van der Waals surface area (Å²) in [6, 6.07) is 11.3. The molecule has 0 aliphatic heterocycles. The van der Waals surface area contributed by atoms with Gasteiger partial charge in [0.25, 0.3) is 0 Å². The Labute approximate surface area is 203 Å². The average Bonchev–Trinajstić information content (AvgIpc) is 2.81. The molecule has 0 saturated heterocycles. The molecule has 0 aliphatic carbocycles. The lowest BCUT2D eigenvalue weighted by Crippen LogP contribution is -2.14. The van der Waals surface area contributed by atoms with E-state index in [9.17, 15) is 22.7 Å². The first-order valence-corrected chi connectivity index (χ1v) is 11.7. The molecule has 1 heterocycles. The van der Waals surface area contributed by atoms with Crippen molar-refractivity contribution in [2.24, 2.45) is 0 Å². The van der Waals surface area contributed by atoms with Gasteiger partial charge in [0.1, 0.15) is 5.82 Å². The van der Waals surface area contributed by atoms with Crippen molar-refractivity contribution in [2.75, 3.05) is 6.61 Å². The van der Waals surface area contributed by atoms with Crippen molar-refractivity contribution in [2.45, 2.75) is 65.3 Å². The SMILES string of the molecule is CC(C)c1nc(C(C)C)c(COCCc2cccc(C(F)(F)F)c2)c(-c2ccc(F)cc2)c1CO. The van der Waals surface area contributed by atoms with Crippen molar-refractivity contribution < 1.29 is 27.4 Å². The number of hydrogen-bond acceptors (Lipinski definition) is 3. The van der Waals surface area contributed by atoms with Gasteiger partial charge in [-0.3, -0.25) is 4.98 Å². The Bertz CT molecular complexity index is 1140. The predicted octanol–water partition coefficient (Wildman–Crippen LogP) is 7.40. The number of halogens is 4. The first-order chi connectivity index (χ1) is 16.5. The Hall–Kier alpha value is -2.77. The molecule has 3 rings (SSSR count). The lowest BCUT2D eigenvalue weighted by molar-refractivity contribution is -0.137. The second-order valence-electron chi connectivity index (χ2n) is 9.19. The topological polar surface area (TPSA) is 42.4 Å². The summed E-state index contributed by atoms with van der Waals surface area (Å²) in [5.41, 5.74) is 4.44. The number of aliphatic hydroxyl groups excluding tert-OH is 1. The molecule has 3 nitrogen and oxygen atoms in total. The molecular formula is C28H31F4NO2. The highest BCUT2D eigenvalue weighted by molar-refractivity contribution is 5.73. The van der Waals surface area contributed by atoms with Gasteiger partial charge in [0.15, 0.2) is 0 Å². The standard InChI is InChI=1S/C28H31F4NO2/c1-17(2)26-23(15-34)25(20-8-10-22(29)11-9-20)24(27(33-26)18(3)4)16-35-13-12-19-6-5-7-21(14-19)28(30,31)32/h5-11,14,17-18,34H,12-13,15-16H2,1-4H3. The minimum Gasteiger partial charge on any atom is -0.392 e. The molecule has 0 bridgehead atoms. The Morgan fingerprint density at radius 1 is 0.914 bits per heavy atom. The van der Waals surface area contributed by atoms with Gasteiger partial charge >= 0.3 is 6.18 Å². The van der Waals surface area contributed by atoms with Crippen LogP contribution in [0.3, 0.4) is 0 Å². The van der Waals surface area contributed by atoms with E-state index in [1.54, 1.807) is 18.2 Å². The molecule has 0 atom stereocenters. The maximum Gasteiger partial charge on any atom is 0.416 e. The van der Waals surface area contributed by atoms with Crippen LogP contribution in [-0.4, -0.2) is 16.7 Å². The second-order valence-corrected chi connectivity index (χ2v) is 9.19. The number of ether oxygens (including phenoxy) is 1.